The average molecular weight is 228 g/mol. The minimum atomic E-state index is -0.113. The number of imide groups is 1. The van der Waals surface area contributed by atoms with Gasteiger partial charge in [0.2, 0.25) is 0 Å². The van der Waals surface area contributed by atoms with E-state index in [9.17, 15) is 9.59 Å². The highest BCUT2D eigenvalue weighted by molar-refractivity contribution is 6.21. The van der Waals surface area contributed by atoms with Gasteiger partial charge in [-0.1, -0.05) is 12.1 Å². The van der Waals surface area contributed by atoms with Gasteiger partial charge in [-0.15, -0.1) is 0 Å². The normalized spacial score (nSPS) is 20.8. The van der Waals surface area contributed by atoms with E-state index in [0.29, 0.717) is 11.1 Å². The first kappa shape index (κ1) is 10.5. The van der Waals surface area contributed by atoms with E-state index in [0.717, 1.165) is 25.7 Å². The SMILES string of the molecule is O=C1c2ccccc2C(=O)N1C1CC[CH]CC1. The van der Waals surface area contributed by atoms with Gasteiger partial charge in [0.05, 0.1) is 11.1 Å². The van der Waals surface area contributed by atoms with Gasteiger partial charge in [-0.25, -0.2) is 0 Å². The molecule has 1 aliphatic heterocycles. The number of benzene rings is 1. The van der Waals surface area contributed by atoms with E-state index in [1.54, 1.807) is 12.1 Å². The van der Waals surface area contributed by atoms with E-state index < -0.39 is 0 Å². The van der Waals surface area contributed by atoms with E-state index in [1.165, 1.54) is 4.90 Å². The van der Waals surface area contributed by atoms with Crippen LogP contribution in [0.15, 0.2) is 24.3 Å². The Bertz CT molecular complexity index is 440. The molecule has 0 bridgehead atoms. The van der Waals surface area contributed by atoms with Crippen molar-refractivity contribution in [3.8, 4) is 0 Å². The van der Waals surface area contributed by atoms with Gasteiger partial charge < -0.3 is 0 Å². The maximum Gasteiger partial charge on any atom is 0.261 e. The second kappa shape index (κ2) is 3.99. The summed E-state index contributed by atoms with van der Waals surface area (Å²) in [6, 6.07) is 7.19. The van der Waals surface area contributed by atoms with Crippen molar-refractivity contribution in [3.63, 3.8) is 0 Å². The van der Waals surface area contributed by atoms with Crippen LogP contribution in [-0.4, -0.2) is 22.8 Å². The van der Waals surface area contributed by atoms with Gasteiger partial charge in [0, 0.05) is 6.04 Å². The molecule has 0 saturated heterocycles. The zero-order chi connectivity index (χ0) is 11.8. The minimum Gasteiger partial charge on any atom is -0.271 e. The number of rotatable bonds is 1. The monoisotopic (exact) mass is 228 g/mol. The van der Waals surface area contributed by atoms with Crippen LogP contribution in [-0.2, 0) is 0 Å². The van der Waals surface area contributed by atoms with Crippen LogP contribution < -0.4 is 0 Å². The van der Waals surface area contributed by atoms with Crippen LogP contribution in [0, 0.1) is 6.42 Å². The summed E-state index contributed by atoms with van der Waals surface area (Å²) in [6.07, 6.45) is 6.04. The van der Waals surface area contributed by atoms with Crippen LogP contribution in [0.25, 0.3) is 0 Å². The molecule has 1 saturated carbocycles. The molecule has 1 fully saturated rings. The highest BCUT2D eigenvalue weighted by Crippen LogP contribution is 2.30. The first-order valence-corrected chi connectivity index (χ1v) is 6.07. The summed E-state index contributed by atoms with van der Waals surface area (Å²) < 4.78 is 0. The van der Waals surface area contributed by atoms with Crippen molar-refractivity contribution < 1.29 is 9.59 Å². The highest BCUT2D eigenvalue weighted by atomic mass is 16.2. The quantitative estimate of drug-likeness (QED) is 0.692. The Morgan fingerprint density at radius 3 is 2.00 bits per heavy atom. The zero-order valence-corrected chi connectivity index (χ0v) is 9.56. The minimum absolute atomic E-state index is 0.0902. The van der Waals surface area contributed by atoms with Gasteiger partial charge in [-0.05, 0) is 44.2 Å². The lowest BCUT2D eigenvalue weighted by molar-refractivity contribution is 0.0558. The van der Waals surface area contributed by atoms with E-state index in [4.69, 9.17) is 0 Å². The van der Waals surface area contributed by atoms with Crippen LogP contribution in [0.3, 0.4) is 0 Å². The van der Waals surface area contributed by atoms with Crippen LogP contribution in [0.1, 0.15) is 46.4 Å². The molecule has 0 atom stereocenters. The van der Waals surface area contributed by atoms with Gasteiger partial charge in [0.25, 0.3) is 11.8 Å². The van der Waals surface area contributed by atoms with Crippen molar-refractivity contribution in [3.05, 3.63) is 41.8 Å². The Labute approximate surface area is 100 Å². The largest absolute Gasteiger partial charge is 0.271 e. The van der Waals surface area contributed by atoms with Gasteiger partial charge >= 0.3 is 0 Å². The van der Waals surface area contributed by atoms with E-state index >= 15 is 0 Å². The maximum atomic E-state index is 12.2. The summed E-state index contributed by atoms with van der Waals surface area (Å²) in [5.41, 5.74) is 1.12. The molecule has 1 radical (unpaired) electrons. The predicted octanol–water partition coefficient (Wildman–Crippen LogP) is 2.43. The van der Waals surface area contributed by atoms with E-state index in [1.807, 2.05) is 12.1 Å². The summed E-state index contributed by atoms with van der Waals surface area (Å²) in [5.74, 6) is -0.227. The zero-order valence-electron chi connectivity index (χ0n) is 9.56. The van der Waals surface area contributed by atoms with Crippen molar-refractivity contribution >= 4 is 11.8 Å². The Morgan fingerprint density at radius 2 is 1.47 bits per heavy atom. The fourth-order valence-electron chi connectivity index (χ4n) is 2.71. The van der Waals surface area contributed by atoms with Crippen molar-refractivity contribution in [1.82, 2.24) is 4.90 Å². The molecule has 1 aromatic carbocycles. The Kier molecular flexibility index (Phi) is 2.46. The number of fused-ring (bicyclic) bond motifs is 1. The summed E-state index contributed by atoms with van der Waals surface area (Å²) in [6.45, 7) is 0. The number of hydrogen-bond donors (Lipinski definition) is 0. The fourth-order valence-corrected chi connectivity index (χ4v) is 2.71. The molecule has 1 aromatic rings. The molecule has 87 valence electrons. The van der Waals surface area contributed by atoms with E-state index in [-0.39, 0.29) is 17.9 Å². The third-order valence-corrected chi connectivity index (χ3v) is 3.60. The van der Waals surface area contributed by atoms with E-state index in [2.05, 4.69) is 6.42 Å². The van der Waals surface area contributed by atoms with Crippen LogP contribution in [0.5, 0.6) is 0 Å². The molecule has 1 aliphatic carbocycles. The Balaban J connectivity index is 1.94. The van der Waals surface area contributed by atoms with Crippen LogP contribution >= 0.6 is 0 Å². The van der Waals surface area contributed by atoms with Crippen molar-refractivity contribution in [2.75, 3.05) is 0 Å². The van der Waals surface area contributed by atoms with Crippen LogP contribution in [0.2, 0.25) is 0 Å². The van der Waals surface area contributed by atoms with Gasteiger partial charge in [0.15, 0.2) is 0 Å². The molecular formula is C14H14NO2. The van der Waals surface area contributed by atoms with Crippen molar-refractivity contribution in [2.24, 2.45) is 0 Å². The summed E-state index contributed by atoms with van der Waals surface area (Å²) in [7, 11) is 0. The summed E-state index contributed by atoms with van der Waals surface area (Å²) in [4.78, 5) is 25.9. The smallest absolute Gasteiger partial charge is 0.261 e. The fraction of sp³-hybridized carbons (Fsp3) is 0.357. The molecule has 17 heavy (non-hydrogen) atoms. The first-order valence-electron chi connectivity index (χ1n) is 6.07. The number of hydrogen-bond acceptors (Lipinski definition) is 2. The second-order valence-electron chi connectivity index (χ2n) is 4.62. The molecule has 1 heterocycles. The third-order valence-electron chi connectivity index (χ3n) is 3.60. The molecule has 0 spiro atoms. The average Bonchev–Trinajstić information content (AvgIpc) is 2.64. The number of carbonyl (C=O) groups excluding carboxylic acids is 2. The number of carbonyl (C=O) groups is 2. The molecule has 2 amide bonds. The highest BCUT2D eigenvalue weighted by Gasteiger charge is 2.39. The molecule has 0 N–H and O–H groups in total. The molecule has 3 heteroatoms. The lowest BCUT2D eigenvalue weighted by atomic mass is 9.94. The third kappa shape index (κ3) is 1.57. The lowest BCUT2D eigenvalue weighted by Crippen LogP contribution is -2.40. The van der Waals surface area contributed by atoms with Crippen molar-refractivity contribution in [1.29, 1.82) is 0 Å². The van der Waals surface area contributed by atoms with Gasteiger partial charge in [0.1, 0.15) is 0 Å². The molecule has 0 aromatic heterocycles. The molecule has 3 rings (SSSR count). The predicted molar refractivity (Wildman–Crippen MR) is 63.5 cm³/mol. The number of nitrogens with zero attached hydrogens (tertiary/aromatic N) is 1. The Morgan fingerprint density at radius 1 is 0.941 bits per heavy atom. The summed E-state index contributed by atoms with van der Waals surface area (Å²) in [5, 5.41) is 0. The van der Waals surface area contributed by atoms with Crippen LogP contribution in [0.4, 0.5) is 0 Å². The second-order valence-corrected chi connectivity index (χ2v) is 4.62. The Hall–Kier alpha value is -1.64. The molecule has 2 aliphatic rings. The maximum absolute atomic E-state index is 12.2. The first-order chi connectivity index (χ1) is 8.29. The molecule has 3 nitrogen and oxygen atoms in total. The standard InChI is InChI=1S/C14H14NO2/c16-13-11-8-4-5-9-12(11)14(17)15(13)10-6-2-1-3-7-10/h1,4-5,8-10H,2-3,6-7H2. The lowest BCUT2D eigenvalue weighted by Gasteiger charge is -2.29. The topological polar surface area (TPSA) is 37.4 Å². The number of amides is 2. The van der Waals surface area contributed by atoms with Crippen molar-refractivity contribution in [2.45, 2.75) is 31.7 Å². The van der Waals surface area contributed by atoms with Gasteiger partial charge in [-0.3, -0.25) is 14.5 Å². The summed E-state index contributed by atoms with van der Waals surface area (Å²) >= 11 is 0. The molecular weight excluding hydrogens is 214 g/mol. The van der Waals surface area contributed by atoms with Gasteiger partial charge in [-0.2, -0.15) is 0 Å². The molecule has 0 unspecified atom stereocenters.